The average Bonchev–Trinajstić information content (AvgIpc) is 2.71. The summed E-state index contributed by atoms with van der Waals surface area (Å²) in [6.45, 7) is 2.95. The summed E-state index contributed by atoms with van der Waals surface area (Å²) in [5.74, 6) is 0. The quantitative estimate of drug-likeness (QED) is 0.597. The molecule has 0 aliphatic carbocycles. The summed E-state index contributed by atoms with van der Waals surface area (Å²) in [6, 6.07) is 31.4. The number of rotatable bonds is 8. The zero-order valence-corrected chi connectivity index (χ0v) is 16.5. The van der Waals surface area contributed by atoms with Crippen molar-refractivity contribution in [3.63, 3.8) is 0 Å². The number of halogens is 1. The predicted molar refractivity (Wildman–Crippen MR) is 116 cm³/mol. The molecule has 2 N–H and O–H groups in total. The van der Waals surface area contributed by atoms with Crippen LogP contribution in [-0.4, -0.2) is 24.3 Å². The highest BCUT2D eigenvalue weighted by molar-refractivity contribution is 5.85. The van der Waals surface area contributed by atoms with E-state index < -0.39 is 5.41 Å². The van der Waals surface area contributed by atoms with Crippen molar-refractivity contribution in [2.75, 3.05) is 13.2 Å². The van der Waals surface area contributed by atoms with Crippen LogP contribution in [-0.2, 0) is 11.8 Å². The van der Waals surface area contributed by atoms with Gasteiger partial charge < -0.3 is 10.4 Å². The zero-order valence-electron chi connectivity index (χ0n) is 15.7. The van der Waals surface area contributed by atoms with Crippen molar-refractivity contribution in [2.24, 2.45) is 0 Å². The Labute approximate surface area is 168 Å². The average molecular weight is 382 g/mol. The summed E-state index contributed by atoms with van der Waals surface area (Å²) in [6.07, 6.45) is 0.964. The van der Waals surface area contributed by atoms with Crippen molar-refractivity contribution in [2.45, 2.75) is 24.8 Å². The topological polar surface area (TPSA) is 32.3 Å². The molecule has 0 fully saturated rings. The molecule has 3 heteroatoms. The van der Waals surface area contributed by atoms with Crippen LogP contribution in [0.1, 0.15) is 23.6 Å². The number of benzene rings is 3. The summed E-state index contributed by atoms with van der Waals surface area (Å²) in [7, 11) is 0. The molecule has 0 amide bonds. The number of hydrogen-bond acceptors (Lipinski definition) is 2. The molecule has 2 nitrogen and oxygen atoms in total. The second kappa shape index (κ2) is 10.3. The Morgan fingerprint density at radius 1 is 0.778 bits per heavy atom. The second-order valence-corrected chi connectivity index (χ2v) is 6.94. The monoisotopic (exact) mass is 381 g/mol. The van der Waals surface area contributed by atoms with E-state index in [1.807, 2.05) is 42.5 Å². The summed E-state index contributed by atoms with van der Waals surface area (Å²) < 4.78 is 0. The van der Waals surface area contributed by atoms with Crippen LogP contribution < -0.4 is 5.32 Å². The van der Waals surface area contributed by atoms with Crippen molar-refractivity contribution >= 4 is 12.4 Å². The van der Waals surface area contributed by atoms with Gasteiger partial charge in [-0.05, 0) is 30.0 Å². The van der Waals surface area contributed by atoms with Gasteiger partial charge in [-0.3, -0.25) is 0 Å². The van der Waals surface area contributed by atoms with Gasteiger partial charge in [-0.1, -0.05) is 91.0 Å². The Morgan fingerprint density at radius 3 is 1.67 bits per heavy atom. The molecule has 27 heavy (non-hydrogen) atoms. The lowest BCUT2D eigenvalue weighted by molar-refractivity contribution is 0.212. The van der Waals surface area contributed by atoms with E-state index in [0.29, 0.717) is 12.6 Å². The van der Waals surface area contributed by atoms with E-state index in [1.54, 1.807) is 0 Å². The molecule has 0 heterocycles. The third-order valence-corrected chi connectivity index (χ3v) is 5.06. The molecule has 0 spiro atoms. The number of hydrogen-bond donors (Lipinski definition) is 2. The molecule has 3 aromatic carbocycles. The minimum absolute atomic E-state index is 0. The fourth-order valence-corrected chi connectivity index (χ4v) is 3.51. The minimum Gasteiger partial charge on any atom is -0.395 e. The SMILES string of the molecule is CC(Cc1ccccc1)NCC(CO)(c1ccccc1)c1ccccc1.Cl. The number of aliphatic hydroxyl groups is 1. The van der Waals surface area contributed by atoms with Gasteiger partial charge in [0.15, 0.2) is 0 Å². The number of aliphatic hydroxyl groups excluding tert-OH is 1. The third-order valence-electron chi connectivity index (χ3n) is 5.06. The predicted octanol–water partition coefficient (Wildman–Crippen LogP) is 4.61. The highest BCUT2D eigenvalue weighted by atomic mass is 35.5. The molecule has 0 aliphatic heterocycles. The van der Waals surface area contributed by atoms with E-state index >= 15 is 0 Å². The van der Waals surface area contributed by atoms with Gasteiger partial charge in [0.05, 0.1) is 12.0 Å². The molecule has 3 rings (SSSR count). The van der Waals surface area contributed by atoms with Gasteiger partial charge in [0, 0.05) is 12.6 Å². The van der Waals surface area contributed by atoms with E-state index in [4.69, 9.17) is 0 Å². The normalized spacial score (nSPS) is 12.2. The Kier molecular flexibility index (Phi) is 8.05. The van der Waals surface area contributed by atoms with Gasteiger partial charge in [-0.25, -0.2) is 0 Å². The van der Waals surface area contributed by atoms with Crippen molar-refractivity contribution in [3.05, 3.63) is 108 Å². The van der Waals surface area contributed by atoms with Gasteiger partial charge in [0.1, 0.15) is 0 Å². The lowest BCUT2D eigenvalue weighted by Gasteiger charge is -2.35. The maximum Gasteiger partial charge on any atom is 0.0581 e. The van der Waals surface area contributed by atoms with Gasteiger partial charge in [0.2, 0.25) is 0 Å². The van der Waals surface area contributed by atoms with Crippen LogP contribution in [0.5, 0.6) is 0 Å². The third kappa shape index (κ3) is 5.20. The van der Waals surface area contributed by atoms with Crippen LogP contribution in [0.3, 0.4) is 0 Å². The molecule has 0 saturated heterocycles. The molecular formula is C24H28ClNO. The van der Waals surface area contributed by atoms with Gasteiger partial charge in [-0.2, -0.15) is 0 Å². The van der Waals surface area contributed by atoms with Crippen LogP contribution in [0.2, 0.25) is 0 Å². The molecule has 1 unspecified atom stereocenters. The molecule has 3 aromatic rings. The van der Waals surface area contributed by atoms with E-state index in [9.17, 15) is 5.11 Å². The molecule has 1 atom stereocenters. The summed E-state index contributed by atoms with van der Waals surface area (Å²) in [4.78, 5) is 0. The standard InChI is InChI=1S/C24H27NO.ClH/c1-20(17-21-11-5-2-6-12-21)25-18-24(19-26,22-13-7-3-8-14-22)23-15-9-4-10-16-23;/h2-16,20,25-26H,17-19H2,1H3;1H. The second-order valence-electron chi connectivity index (χ2n) is 6.94. The number of nitrogens with one attached hydrogen (secondary N) is 1. The first-order chi connectivity index (χ1) is 12.7. The molecule has 0 saturated carbocycles. The van der Waals surface area contributed by atoms with E-state index in [2.05, 4.69) is 60.8 Å². The summed E-state index contributed by atoms with van der Waals surface area (Å²) in [5.41, 5.74) is 3.13. The lowest BCUT2D eigenvalue weighted by atomic mass is 9.75. The Bertz CT molecular complexity index is 738. The molecule has 0 aromatic heterocycles. The van der Waals surface area contributed by atoms with E-state index in [-0.39, 0.29) is 19.0 Å². The molecule has 0 bridgehead atoms. The molecule has 142 valence electrons. The van der Waals surface area contributed by atoms with Crippen LogP contribution in [0.4, 0.5) is 0 Å². The van der Waals surface area contributed by atoms with Crippen LogP contribution >= 0.6 is 12.4 Å². The zero-order chi connectivity index (χ0) is 18.2. The lowest BCUT2D eigenvalue weighted by Crippen LogP contribution is -2.45. The van der Waals surface area contributed by atoms with Gasteiger partial charge in [-0.15, -0.1) is 12.4 Å². The maximum atomic E-state index is 10.4. The summed E-state index contributed by atoms with van der Waals surface area (Å²) in [5, 5.41) is 14.1. The van der Waals surface area contributed by atoms with Gasteiger partial charge in [0.25, 0.3) is 0 Å². The van der Waals surface area contributed by atoms with Gasteiger partial charge >= 0.3 is 0 Å². The summed E-state index contributed by atoms with van der Waals surface area (Å²) >= 11 is 0. The van der Waals surface area contributed by atoms with Crippen molar-refractivity contribution in [1.29, 1.82) is 0 Å². The van der Waals surface area contributed by atoms with Crippen LogP contribution in [0.15, 0.2) is 91.0 Å². The van der Waals surface area contributed by atoms with Crippen molar-refractivity contribution in [3.8, 4) is 0 Å². The Balaban J connectivity index is 0.00000261. The Hall–Kier alpha value is -2.13. The Morgan fingerprint density at radius 2 is 1.22 bits per heavy atom. The highest BCUT2D eigenvalue weighted by Crippen LogP contribution is 2.31. The van der Waals surface area contributed by atoms with Crippen LogP contribution in [0, 0.1) is 0 Å². The molecule has 0 aliphatic rings. The van der Waals surface area contributed by atoms with Crippen LogP contribution in [0.25, 0.3) is 0 Å². The van der Waals surface area contributed by atoms with E-state index in [0.717, 1.165) is 17.5 Å². The fraction of sp³-hybridized carbons (Fsp3) is 0.250. The first kappa shape index (κ1) is 21.2. The van der Waals surface area contributed by atoms with E-state index in [1.165, 1.54) is 5.56 Å². The highest BCUT2D eigenvalue weighted by Gasteiger charge is 2.33. The van der Waals surface area contributed by atoms with Crippen molar-refractivity contribution < 1.29 is 5.11 Å². The molecular weight excluding hydrogens is 354 g/mol. The molecule has 0 radical (unpaired) electrons. The fourth-order valence-electron chi connectivity index (χ4n) is 3.51. The minimum atomic E-state index is -0.451. The first-order valence-electron chi connectivity index (χ1n) is 9.24. The first-order valence-corrected chi connectivity index (χ1v) is 9.24. The smallest absolute Gasteiger partial charge is 0.0581 e. The van der Waals surface area contributed by atoms with Crippen molar-refractivity contribution in [1.82, 2.24) is 5.32 Å². The maximum absolute atomic E-state index is 10.4. The largest absolute Gasteiger partial charge is 0.395 e.